The zero-order valence-corrected chi connectivity index (χ0v) is 20.7. The second kappa shape index (κ2) is 12.1. The Kier molecular flexibility index (Phi) is 10.0. The summed E-state index contributed by atoms with van der Waals surface area (Å²) in [6.45, 7) is 2.61. The zero-order valence-electron chi connectivity index (χ0n) is 20.7. The van der Waals surface area contributed by atoms with Crippen molar-refractivity contribution >= 4 is 5.91 Å². The molecule has 0 saturated carbocycles. The standard InChI is InChI=1S/C21H36FNO15/c1-5-10(26)12(28)16(20(34-5)35-6(2)15-13(29)11(27)14(30)18(32)37-15)38-19-9(23-7(3)25)17(31)21(22,33)8(4-24)36-19/h5-6,8-20,24,26-33H,4H2,1-3H3,(H,23,25)/t5-,6+,8-,9-,10-,11+,12+,13+,14-,15-,16+,17-,18-,19+,20-,21-/m1/s1. The average Bonchev–Trinajstić information content (AvgIpc) is 2.84. The molecule has 222 valence electrons. The van der Waals surface area contributed by atoms with Gasteiger partial charge < -0.3 is 75.0 Å². The molecule has 0 aliphatic carbocycles. The maximum Gasteiger partial charge on any atom is 0.263 e. The Labute approximate surface area is 216 Å². The summed E-state index contributed by atoms with van der Waals surface area (Å²) in [5, 5.41) is 92.9. The molecule has 0 aromatic carbocycles. The van der Waals surface area contributed by atoms with Crippen molar-refractivity contribution in [2.24, 2.45) is 0 Å². The number of hydrogen-bond donors (Lipinski definition) is 10. The molecule has 3 fully saturated rings. The first-order valence-electron chi connectivity index (χ1n) is 11.9. The highest BCUT2D eigenvalue weighted by atomic mass is 19.2. The Balaban J connectivity index is 1.85. The van der Waals surface area contributed by atoms with Crippen LogP contribution in [0.2, 0.25) is 0 Å². The van der Waals surface area contributed by atoms with Gasteiger partial charge in [-0.1, -0.05) is 0 Å². The first-order valence-corrected chi connectivity index (χ1v) is 11.9. The van der Waals surface area contributed by atoms with Gasteiger partial charge >= 0.3 is 0 Å². The van der Waals surface area contributed by atoms with E-state index >= 15 is 0 Å². The summed E-state index contributed by atoms with van der Waals surface area (Å²) in [5.41, 5.74) is 0. The summed E-state index contributed by atoms with van der Waals surface area (Å²) in [6, 6.07) is -1.78. The number of halogens is 1. The molecule has 0 spiro atoms. The maximum atomic E-state index is 14.7. The van der Waals surface area contributed by atoms with Crippen molar-refractivity contribution < 1.29 is 78.8 Å². The molecule has 38 heavy (non-hydrogen) atoms. The summed E-state index contributed by atoms with van der Waals surface area (Å²) in [4.78, 5) is 11.7. The molecule has 17 heteroatoms. The number of carbonyl (C=O) groups is 1. The molecule has 3 heterocycles. The van der Waals surface area contributed by atoms with Gasteiger partial charge in [0.2, 0.25) is 5.91 Å². The molecule has 16 atom stereocenters. The quantitative estimate of drug-likeness (QED) is 0.139. The lowest BCUT2D eigenvalue weighted by Gasteiger charge is -2.49. The molecule has 0 unspecified atom stereocenters. The number of nitrogens with one attached hydrogen (secondary N) is 1. The van der Waals surface area contributed by atoms with Crippen molar-refractivity contribution in [2.75, 3.05) is 6.61 Å². The van der Waals surface area contributed by atoms with Crippen LogP contribution in [0.5, 0.6) is 0 Å². The van der Waals surface area contributed by atoms with Gasteiger partial charge in [-0.15, -0.1) is 0 Å². The van der Waals surface area contributed by atoms with E-state index in [0.717, 1.165) is 6.92 Å². The van der Waals surface area contributed by atoms with Crippen LogP contribution >= 0.6 is 0 Å². The molecule has 16 nitrogen and oxygen atoms in total. The van der Waals surface area contributed by atoms with Crippen LogP contribution < -0.4 is 5.32 Å². The van der Waals surface area contributed by atoms with E-state index in [1.807, 2.05) is 0 Å². The molecule has 3 rings (SSSR count). The second-order valence-corrected chi connectivity index (χ2v) is 9.67. The monoisotopic (exact) mass is 561 g/mol. The van der Waals surface area contributed by atoms with Gasteiger partial charge in [-0.3, -0.25) is 4.79 Å². The molecule has 10 N–H and O–H groups in total. The number of alkyl halides is 1. The van der Waals surface area contributed by atoms with Gasteiger partial charge in [0.05, 0.1) is 18.8 Å². The van der Waals surface area contributed by atoms with Crippen LogP contribution in [-0.2, 0) is 28.5 Å². The average molecular weight is 562 g/mol. The van der Waals surface area contributed by atoms with Gasteiger partial charge in [0.15, 0.2) is 18.9 Å². The number of carbonyl (C=O) groups excluding carboxylic acids is 1. The first kappa shape index (κ1) is 31.4. The summed E-state index contributed by atoms with van der Waals surface area (Å²) in [5.74, 6) is -4.30. The highest BCUT2D eigenvalue weighted by molar-refractivity contribution is 5.73. The van der Waals surface area contributed by atoms with Crippen LogP contribution in [0.1, 0.15) is 20.8 Å². The van der Waals surface area contributed by atoms with E-state index in [4.69, 9.17) is 23.7 Å². The summed E-state index contributed by atoms with van der Waals surface area (Å²) in [7, 11) is 0. The number of aliphatic hydroxyl groups is 9. The van der Waals surface area contributed by atoms with Crippen LogP contribution in [0.25, 0.3) is 0 Å². The fourth-order valence-corrected chi connectivity index (χ4v) is 4.58. The van der Waals surface area contributed by atoms with Crippen LogP contribution in [0.4, 0.5) is 4.39 Å². The van der Waals surface area contributed by atoms with E-state index in [2.05, 4.69) is 5.32 Å². The molecule has 0 bridgehead atoms. The normalized spacial score (nSPS) is 50.9. The topological polar surface area (TPSA) is 257 Å². The lowest BCUT2D eigenvalue weighted by Crippen LogP contribution is -2.71. The van der Waals surface area contributed by atoms with Gasteiger partial charge in [0.25, 0.3) is 5.85 Å². The van der Waals surface area contributed by atoms with Crippen molar-refractivity contribution in [2.45, 2.75) is 119 Å². The predicted octanol–water partition coefficient (Wildman–Crippen LogP) is -5.72. The highest BCUT2D eigenvalue weighted by Gasteiger charge is 2.58. The molecular formula is C21H36FNO15. The fourth-order valence-electron chi connectivity index (χ4n) is 4.58. The minimum absolute atomic E-state index is 0.789. The van der Waals surface area contributed by atoms with E-state index in [-0.39, 0.29) is 0 Å². The maximum absolute atomic E-state index is 14.7. The van der Waals surface area contributed by atoms with Crippen LogP contribution in [-0.4, -0.2) is 156 Å². The second-order valence-electron chi connectivity index (χ2n) is 9.67. The molecule has 0 aromatic rings. The van der Waals surface area contributed by atoms with E-state index in [1.54, 1.807) is 0 Å². The SMILES string of the molecule is CC(=O)N[C@H]1[C@H](O[C@@H]2[C@@H](O[C@@H](C)[C@H]3O[C@@H](O)[C@H](O)[C@@H](O)[C@@H]3O)O[C@H](C)[C@@H](O)[C@@H]2O)O[C@H](CO)[C@](O)(F)[C@@H]1O. The number of hydrogen-bond acceptors (Lipinski definition) is 15. The Morgan fingerprint density at radius 2 is 1.61 bits per heavy atom. The minimum Gasteiger partial charge on any atom is -0.393 e. The van der Waals surface area contributed by atoms with Gasteiger partial charge in [-0.2, -0.15) is 0 Å². The highest BCUT2D eigenvalue weighted by Crippen LogP contribution is 2.35. The minimum atomic E-state index is -3.51. The summed E-state index contributed by atoms with van der Waals surface area (Å²) >= 11 is 0. The third kappa shape index (κ3) is 6.11. The number of ether oxygens (including phenoxy) is 5. The first-order chi connectivity index (χ1) is 17.6. The largest absolute Gasteiger partial charge is 0.393 e. The molecule has 3 aliphatic rings. The lowest BCUT2D eigenvalue weighted by atomic mass is 9.93. The van der Waals surface area contributed by atoms with E-state index in [0.29, 0.717) is 0 Å². The van der Waals surface area contributed by atoms with Crippen molar-refractivity contribution in [1.82, 2.24) is 5.32 Å². The van der Waals surface area contributed by atoms with Gasteiger partial charge in [-0.05, 0) is 13.8 Å². The lowest BCUT2D eigenvalue weighted by molar-refractivity contribution is -0.385. The Morgan fingerprint density at radius 1 is 0.974 bits per heavy atom. The van der Waals surface area contributed by atoms with Gasteiger partial charge in [-0.25, -0.2) is 4.39 Å². The Bertz CT molecular complexity index is 809. The van der Waals surface area contributed by atoms with E-state index in [9.17, 15) is 55.1 Å². The third-order valence-electron chi connectivity index (χ3n) is 6.85. The van der Waals surface area contributed by atoms with Crippen molar-refractivity contribution in [3.8, 4) is 0 Å². The van der Waals surface area contributed by atoms with Gasteiger partial charge in [0, 0.05) is 6.92 Å². The number of amides is 1. The third-order valence-corrected chi connectivity index (χ3v) is 6.85. The van der Waals surface area contributed by atoms with E-state index < -0.39 is 110 Å². The van der Waals surface area contributed by atoms with Crippen LogP contribution in [0.15, 0.2) is 0 Å². The van der Waals surface area contributed by atoms with E-state index in [1.165, 1.54) is 13.8 Å². The molecule has 3 saturated heterocycles. The van der Waals surface area contributed by atoms with Crippen LogP contribution in [0, 0.1) is 0 Å². The van der Waals surface area contributed by atoms with Crippen LogP contribution in [0.3, 0.4) is 0 Å². The summed E-state index contributed by atoms with van der Waals surface area (Å²) in [6.07, 6.45) is -23.8. The number of aliphatic hydroxyl groups excluding tert-OH is 8. The Hall–Kier alpha value is -1.16. The van der Waals surface area contributed by atoms with Crippen molar-refractivity contribution in [1.29, 1.82) is 0 Å². The summed E-state index contributed by atoms with van der Waals surface area (Å²) < 4.78 is 42.1. The van der Waals surface area contributed by atoms with Crippen molar-refractivity contribution in [3.63, 3.8) is 0 Å². The molecule has 3 aliphatic heterocycles. The number of rotatable bonds is 7. The fraction of sp³-hybridized carbons (Fsp3) is 0.952. The van der Waals surface area contributed by atoms with Crippen molar-refractivity contribution in [3.05, 3.63) is 0 Å². The zero-order chi connectivity index (χ0) is 28.7. The Morgan fingerprint density at radius 3 is 2.18 bits per heavy atom. The molecule has 1 amide bonds. The smallest absolute Gasteiger partial charge is 0.263 e. The molecule has 0 radical (unpaired) electrons. The molecular weight excluding hydrogens is 525 g/mol. The predicted molar refractivity (Wildman–Crippen MR) is 116 cm³/mol. The molecule has 0 aromatic heterocycles. The van der Waals surface area contributed by atoms with Gasteiger partial charge in [0.1, 0.15) is 61.0 Å².